The highest BCUT2D eigenvalue weighted by atomic mass is 16.1. The molecule has 0 aliphatic carbocycles. The Morgan fingerprint density at radius 2 is 2.06 bits per heavy atom. The second kappa shape index (κ2) is 5.13. The smallest absolute Gasteiger partial charge is 0.150 e. The maximum absolute atomic E-state index is 10.8. The highest BCUT2D eigenvalue weighted by Crippen LogP contribution is 2.39. The van der Waals surface area contributed by atoms with E-state index in [0.717, 1.165) is 30.5 Å². The first-order chi connectivity index (χ1) is 8.64. The lowest BCUT2D eigenvalue weighted by Gasteiger charge is -2.27. The molecule has 1 aromatic rings. The summed E-state index contributed by atoms with van der Waals surface area (Å²) in [7, 11) is 0. The van der Waals surface area contributed by atoms with Gasteiger partial charge < -0.3 is 4.90 Å². The molecule has 0 saturated carbocycles. The van der Waals surface area contributed by atoms with Crippen LogP contribution in [0.3, 0.4) is 0 Å². The molecule has 0 unspecified atom stereocenters. The highest BCUT2D eigenvalue weighted by molar-refractivity contribution is 5.78. The van der Waals surface area contributed by atoms with Crippen molar-refractivity contribution in [3.05, 3.63) is 29.3 Å². The third-order valence-electron chi connectivity index (χ3n) is 4.68. The van der Waals surface area contributed by atoms with Gasteiger partial charge in [-0.15, -0.1) is 0 Å². The van der Waals surface area contributed by atoms with Crippen molar-refractivity contribution in [3.63, 3.8) is 0 Å². The van der Waals surface area contributed by atoms with Crippen molar-refractivity contribution in [1.82, 2.24) is 0 Å². The van der Waals surface area contributed by atoms with Crippen molar-refractivity contribution < 1.29 is 4.79 Å². The summed E-state index contributed by atoms with van der Waals surface area (Å²) in [5, 5.41) is 0. The van der Waals surface area contributed by atoms with Gasteiger partial charge in [0.15, 0.2) is 0 Å². The van der Waals surface area contributed by atoms with E-state index in [4.69, 9.17) is 0 Å². The number of carbonyl (C=O) groups excluding carboxylic acids is 1. The number of nitrogens with zero attached hydrogens (tertiary/aromatic N) is 1. The van der Waals surface area contributed by atoms with Gasteiger partial charge in [0.25, 0.3) is 0 Å². The highest BCUT2D eigenvalue weighted by Gasteiger charge is 2.34. The summed E-state index contributed by atoms with van der Waals surface area (Å²) in [4.78, 5) is 13.3. The lowest BCUT2D eigenvalue weighted by Crippen LogP contribution is -2.26. The first-order valence-corrected chi connectivity index (χ1v) is 6.95. The van der Waals surface area contributed by atoms with E-state index >= 15 is 0 Å². The van der Waals surface area contributed by atoms with Gasteiger partial charge in [-0.2, -0.15) is 0 Å². The molecule has 98 valence electrons. The fourth-order valence-corrected chi connectivity index (χ4v) is 2.97. The van der Waals surface area contributed by atoms with Crippen LogP contribution in [0.5, 0.6) is 0 Å². The topological polar surface area (TPSA) is 20.3 Å². The van der Waals surface area contributed by atoms with E-state index in [1.165, 1.54) is 24.9 Å². The molecule has 1 heterocycles. The Morgan fingerprint density at radius 1 is 1.33 bits per heavy atom. The van der Waals surface area contributed by atoms with E-state index in [0.29, 0.717) is 5.41 Å². The molecule has 0 spiro atoms. The van der Waals surface area contributed by atoms with E-state index in [1.807, 2.05) is 13.0 Å². The largest absolute Gasteiger partial charge is 0.371 e. The summed E-state index contributed by atoms with van der Waals surface area (Å²) in [6.07, 6.45) is 4.73. The van der Waals surface area contributed by atoms with Crippen LogP contribution in [0.25, 0.3) is 0 Å². The maximum atomic E-state index is 10.8. The Balaban J connectivity index is 2.19. The quantitative estimate of drug-likeness (QED) is 0.751. The van der Waals surface area contributed by atoms with Crippen LogP contribution >= 0.6 is 0 Å². The number of benzene rings is 1. The van der Waals surface area contributed by atoms with Gasteiger partial charge in [-0.05, 0) is 55.4 Å². The van der Waals surface area contributed by atoms with E-state index < -0.39 is 0 Å². The summed E-state index contributed by atoms with van der Waals surface area (Å²) in [6.45, 7) is 8.90. The molecule has 0 radical (unpaired) electrons. The number of aldehydes is 1. The molecule has 1 aromatic carbocycles. The molecular weight excluding hydrogens is 222 g/mol. The van der Waals surface area contributed by atoms with Gasteiger partial charge in [0.2, 0.25) is 0 Å². The van der Waals surface area contributed by atoms with Gasteiger partial charge in [-0.3, -0.25) is 4.79 Å². The Kier molecular flexibility index (Phi) is 3.74. The Morgan fingerprint density at radius 3 is 2.56 bits per heavy atom. The number of hydrogen-bond donors (Lipinski definition) is 0. The van der Waals surface area contributed by atoms with Crippen LogP contribution in [0, 0.1) is 12.3 Å². The van der Waals surface area contributed by atoms with Crippen LogP contribution in [-0.2, 0) is 0 Å². The zero-order valence-electron chi connectivity index (χ0n) is 11.7. The van der Waals surface area contributed by atoms with Crippen molar-refractivity contribution in [2.45, 2.75) is 40.0 Å². The second-order valence-electron chi connectivity index (χ2n) is 5.54. The standard InChI is InChI=1S/C16H23NO/c1-4-16(5-2)8-9-17(12-16)15-7-6-14(11-18)13(3)10-15/h6-7,10-11H,4-5,8-9,12H2,1-3H3. The monoisotopic (exact) mass is 245 g/mol. The molecule has 18 heavy (non-hydrogen) atoms. The fraction of sp³-hybridized carbons (Fsp3) is 0.562. The van der Waals surface area contributed by atoms with Crippen LogP contribution in [0.15, 0.2) is 18.2 Å². The van der Waals surface area contributed by atoms with Crippen molar-refractivity contribution in [1.29, 1.82) is 0 Å². The van der Waals surface area contributed by atoms with Gasteiger partial charge in [0.1, 0.15) is 6.29 Å². The molecule has 1 aliphatic rings. The minimum atomic E-state index is 0.497. The molecule has 0 bridgehead atoms. The fourth-order valence-electron chi connectivity index (χ4n) is 2.97. The molecule has 1 saturated heterocycles. The van der Waals surface area contributed by atoms with Crippen molar-refractivity contribution in [2.24, 2.45) is 5.41 Å². The second-order valence-corrected chi connectivity index (χ2v) is 5.54. The molecule has 2 nitrogen and oxygen atoms in total. The number of anilines is 1. The first kappa shape index (κ1) is 13.1. The first-order valence-electron chi connectivity index (χ1n) is 6.95. The predicted octanol–water partition coefficient (Wildman–Crippen LogP) is 3.82. The van der Waals surface area contributed by atoms with E-state index in [1.54, 1.807) is 0 Å². The summed E-state index contributed by atoms with van der Waals surface area (Å²) < 4.78 is 0. The van der Waals surface area contributed by atoms with Crippen LogP contribution in [-0.4, -0.2) is 19.4 Å². The van der Waals surface area contributed by atoms with E-state index in [-0.39, 0.29) is 0 Å². The zero-order valence-corrected chi connectivity index (χ0v) is 11.7. The predicted molar refractivity (Wildman–Crippen MR) is 76.4 cm³/mol. The number of aryl methyl sites for hydroxylation is 1. The van der Waals surface area contributed by atoms with Gasteiger partial charge in [0, 0.05) is 24.3 Å². The Bertz CT molecular complexity index is 435. The van der Waals surface area contributed by atoms with Gasteiger partial charge in [-0.1, -0.05) is 13.8 Å². The molecule has 2 rings (SSSR count). The Labute approximate surface area is 110 Å². The summed E-state index contributed by atoms with van der Waals surface area (Å²) in [5.41, 5.74) is 3.64. The van der Waals surface area contributed by atoms with E-state index in [2.05, 4.69) is 30.9 Å². The van der Waals surface area contributed by atoms with Crippen molar-refractivity contribution >= 4 is 12.0 Å². The Hall–Kier alpha value is -1.31. The SMILES string of the molecule is CCC1(CC)CCN(c2ccc(C=O)c(C)c2)C1. The normalized spacial score (nSPS) is 18.1. The number of hydrogen-bond acceptors (Lipinski definition) is 2. The van der Waals surface area contributed by atoms with Gasteiger partial charge >= 0.3 is 0 Å². The average molecular weight is 245 g/mol. The zero-order chi connectivity index (χ0) is 13.2. The minimum Gasteiger partial charge on any atom is -0.371 e. The van der Waals surface area contributed by atoms with Crippen LogP contribution < -0.4 is 4.90 Å². The third kappa shape index (κ3) is 2.29. The number of rotatable bonds is 4. The van der Waals surface area contributed by atoms with Crippen LogP contribution in [0.2, 0.25) is 0 Å². The molecule has 0 aromatic heterocycles. The summed E-state index contributed by atoms with van der Waals surface area (Å²) in [6, 6.07) is 6.17. The molecule has 1 fully saturated rings. The molecule has 0 atom stereocenters. The van der Waals surface area contributed by atoms with Gasteiger partial charge in [0.05, 0.1) is 0 Å². The van der Waals surface area contributed by atoms with Crippen molar-refractivity contribution in [2.75, 3.05) is 18.0 Å². The van der Waals surface area contributed by atoms with Crippen molar-refractivity contribution in [3.8, 4) is 0 Å². The van der Waals surface area contributed by atoms with Crippen LogP contribution in [0.1, 0.15) is 49.0 Å². The lowest BCUT2D eigenvalue weighted by atomic mass is 9.82. The molecule has 1 aliphatic heterocycles. The van der Waals surface area contributed by atoms with Gasteiger partial charge in [-0.25, -0.2) is 0 Å². The van der Waals surface area contributed by atoms with E-state index in [9.17, 15) is 4.79 Å². The summed E-state index contributed by atoms with van der Waals surface area (Å²) >= 11 is 0. The summed E-state index contributed by atoms with van der Waals surface area (Å²) in [5.74, 6) is 0. The average Bonchev–Trinajstić information content (AvgIpc) is 2.84. The molecular formula is C16H23NO. The third-order valence-corrected chi connectivity index (χ3v) is 4.68. The maximum Gasteiger partial charge on any atom is 0.150 e. The molecule has 2 heteroatoms. The van der Waals surface area contributed by atoms with Crippen LogP contribution in [0.4, 0.5) is 5.69 Å². The molecule has 0 N–H and O–H groups in total. The minimum absolute atomic E-state index is 0.497. The number of carbonyl (C=O) groups is 1. The lowest BCUT2D eigenvalue weighted by molar-refractivity contribution is 0.112. The molecule has 0 amide bonds.